The average molecular weight is 354 g/mol. The number of rotatable bonds is 3. The lowest BCUT2D eigenvalue weighted by molar-refractivity contribution is -0.134. The molecule has 1 aromatic heterocycles. The van der Waals surface area contributed by atoms with Crippen molar-refractivity contribution < 1.29 is 14.7 Å². The van der Waals surface area contributed by atoms with Gasteiger partial charge in [0, 0.05) is 13.1 Å². The lowest BCUT2D eigenvalue weighted by Crippen LogP contribution is -2.45. The number of nitrogens with zero attached hydrogens (tertiary/aromatic N) is 3. The summed E-state index contributed by atoms with van der Waals surface area (Å²) in [5.41, 5.74) is -0.152. The summed E-state index contributed by atoms with van der Waals surface area (Å²) in [6.45, 7) is 0.722. The van der Waals surface area contributed by atoms with Crippen molar-refractivity contribution in [3.63, 3.8) is 0 Å². The van der Waals surface area contributed by atoms with Gasteiger partial charge < -0.3 is 15.3 Å². The molecule has 1 unspecified atom stereocenters. The van der Waals surface area contributed by atoms with Crippen LogP contribution in [0.3, 0.4) is 0 Å². The molecule has 1 aromatic carbocycles. The van der Waals surface area contributed by atoms with E-state index in [9.17, 15) is 19.5 Å². The van der Waals surface area contributed by atoms with Crippen LogP contribution in [0.4, 0.5) is 0 Å². The topological polar surface area (TPSA) is 105 Å². The monoisotopic (exact) mass is 354 g/mol. The number of benzene rings is 1. The second-order valence-corrected chi connectivity index (χ2v) is 6.47. The first-order chi connectivity index (χ1) is 12.6. The van der Waals surface area contributed by atoms with Gasteiger partial charge in [-0.3, -0.25) is 19.0 Å². The molecule has 0 spiro atoms. The third-order valence-electron chi connectivity index (χ3n) is 4.85. The van der Waals surface area contributed by atoms with Gasteiger partial charge in [0.1, 0.15) is 12.4 Å². The molecule has 2 aromatic rings. The van der Waals surface area contributed by atoms with Crippen LogP contribution in [0.15, 0.2) is 35.1 Å². The Hall–Kier alpha value is -3.16. The van der Waals surface area contributed by atoms with Gasteiger partial charge in [-0.2, -0.15) is 0 Å². The summed E-state index contributed by atoms with van der Waals surface area (Å²) in [6, 6.07) is 8.99. The third-order valence-corrected chi connectivity index (χ3v) is 4.85. The second-order valence-electron chi connectivity index (χ2n) is 6.47. The first-order valence-corrected chi connectivity index (χ1v) is 8.51. The van der Waals surface area contributed by atoms with Gasteiger partial charge in [0.2, 0.25) is 11.7 Å². The lowest BCUT2D eigenvalue weighted by atomic mass is 10.1. The molecule has 0 radical (unpaired) electrons. The SMILES string of the molecule is O=C(NCc1ccccc1)c1nc2n(c(=O)c1O)CC(=O)N1CCCC21. The van der Waals surface area contributed by atoms with Gasteiger partial charge in [0.25, 0.3) is 11.5 Å². The van der Waals surface area contributed by atoms with Crippen LogP contribution in [0.25, 0.3) is 0 Å². The van der Waals surface area contributed by atoms with E-state index in [0.29, 0.717) is 18.8 Å². The summed E-state index contributed by atoms with van der Waals surface area (Å²) in [6.07, 6.45) is 1.51. The molecule has 0 aliphatic carbocycles. The molecular weight excluding hydrogens is 336 g/mol. The Morgan fingerprint density at radius 2 is 2.04 bits per heavy atom. The molecule has 0 saturated carbocycles. The van der Waals surface area contributed by atoms with Crippen molar-refractivity contribution in [2.24, 2.45) is 0 Å². The Bertz CT molecular complexity index is 938. The number of aromatic nitrogens is 2. The molecule has 2 aliphatic heterocycles. The molecule has 8 nitrogen and oxygen atoms in total. The fourth-order valence-electron chi connectivity index (χ4n) is 3.55. The van der Waals surface area contributed by atoms with Gasteiger partial charge in [-0.15, -0.1) is 0 Å². The van der Waals surface area contributed by atoms with Crippen molar-refractivity contribution in [2.45, 2.75) is 32.0 Å². The summed E-state index contributed by atoms with van der Waals surface area (Å²) < 4.78 is 1.18. The van der Waals surface area contributed by atoms with Crippen LogP contribution < -0.4 is 10.9 Å². The fourth-order valence-corrected chi connectivity index (χ4v) is 3.55. The van der Waals surface area contributed by atoms with Crippen LogP contribution in [-0.4, -0.2) is 37.9 Å². The Balaban J connectivity index is 1.66. The van der Waals surface area contributed by atoms with Crippen molar-refractivity contribution in [2.75, 3.05) is 6.54 Å². The molecule has 1 fully saturated rings. The second kappa shape index (κ2) is 6.29. The third kappa shape index (κ3) is 2.63. The molecule has 3 heterocycles. The van der Waals surface area contributed by atoms with E-state index < -0.39 is 17.2 Å². The first-order valence-electron chi connectivity index (χ1n) is 8.51. The zero-order valence-electron chi connectivity index (χ0n) is 14.0. The number of aromatic hydroxyl groups is 1. The summed E-state index contributed by atoms with van der Waals surface area (Å²) in [7, 11) is 0. The van der Waals surface area contributed by atoms with Gasteiger partial charge in [0.15, 0.2) is 5.69 Å². The van der Waals surface area contributed by atoms with Crippen LogP contribution in [0, 0.1) is 0 Å². The Kier molecular flexibility index (Phi) is 3.95. The van der Waals surface area contributed by atoms with Gasteiger partial charge in [-0.25, -0.2) is 4.98 Å². The Morgan fingerprint density at radius 3 is 2.81 bits per heavy atom. The van der Waals surface area contributed by atoms with Gasteiger partial charge >= 0.3 is 0 Å². The largest absolute Gasteiger partial charge is 0.501 e. The summed E-state index contributed by atoms with van der Waals surface area (Å²) >= 11 is 0. The quantitative estimate of drug-likeness (QED) is 0.838. The molecule has 1 atom stereocenters. The van der Waals surface area contributed by atoms with E-state index in [4.69, 9.17) is 0 Å². The predicted octanol–water partition coefficient (Wildman–Crippen LogP) is 0.556. The van der Waals surface area contributed by atoms with Crippen LogP contribution >= 0.6 is 0 Å². The molecule has 134 valence electrons. The number of carbonyl (C=O) groups is 2. The number of hydrogen-bond donors (Lipinski definition) is 2. The number of nitrogens with one attached hydrogen (secondary N) is 1. The van der Waals surface area contributed by atoms with E-state index in [1.807, 2.05) is 30.3 Å². The maximum absolute atomic E-state index is 12.5. The van der Waals surface area contributed by atoms with Crippen molar-refractivity contribution in [3.8, 4) is 5.75 Å². The molecular formula is C18H18N4O4. The first kappa shape index (κ1) is 16.3. The standard InChI is InChI=1S/C18H18N4O4/c23-13-10-22-16(12-7-4-8-21(12)13)20-14(15(24)18(22)26)17(25)19-9-11-5-2-1-3-6-11/h1-3,5-6,12,24H,4,7-10H2,(H,19,25). The zero-order chi connectivity index (χ0) is 18.3. The molecule has 1 saturated heterocycles. The summed E-state index contributed by atoms with van der Waals surface area (Å²) in [5, 5.41) is 12.8. The Labute approximate surface area is 149 Å². The lowest BCUT2D eigenvalue weighted by Gasteiger charge is -2.31. The van der Waals surface area contributed by atoms with Gasteiger partial charge in [-0.1, -0.05) is 30.3 Å². The van der Waals surface area contributed by atoms with Crippen molar-refractivity contribution in [1.29, 1.82) is 0 Å². The minimum atomic E-state index is -0.750. The zero-order valence-corrected chi connectivity index (χ0v) is 14.0. The van der Waals surface area contributed by atoms with Crippen LogP contribution in [0.5, 0.6) is 5.75 Å². The minimum absolute atomic E-state index is 0.156. The van der Waals surface area contributed by atoms with E-state index in [2.05, 4.69) is 10.3 Å². The van der Waals surface area contributed by atoms with Crippen molar-refractivity contribution in [3.05, 3.63) is 57.8 Å². The minimum Gasteiger partial charge on any atom is -0.501 e. The van der Waals surface area contributed by atoms with Gasteiger partial charge in [0.05, 0.1) is 6.04 Å². The maximum atomic E-state index is 12.5. The van der Waals surface area contributed by atoms with E-state index in [-0.39, 0.29) is 30.7 Å². The smallest absolute Gasteiger partial charge is 0.297 e. The molecule has 2 N–H and O–H groups in total. The maximum Gasteiger partial charge on any atom is 0.297 e. The molecule has 0 bridgehead atoms. The number of amides is 2. The van der Waals surface area contributed by atoms with Gasteiger partial charge in [-0.05, 0) is 18.4 Å². The van der Waals surface area contributed by atoms with Crippen LogP contribution in [0.1, 0.15) is 40.8 Å². The van der Waals surface area contributed by atoms with E-state index in [1.165, 1.54) is 4.57 Å². The average Bonchev–Trinajstić information content (AvgIpc) is 3.15. The molecule has 2 aliphatic rings. The van der Waals surface area contributed by atoms with Crippen molar-refractivity contribution >= 4 is 11.8 Å². The highest BCUT2D eigenvalue weighted by Gasteiger charge is 2.39. The van der Waals surface area contributed by atoms with Crippen molar-refractivity contribution in [1.82, 2.24) is 19.8 Å². The molecule has 8 heteroatoms. The highest BCUT2D eigenvalue weighted by Crippen LogP contribution is 2.34. The molecule has 4 rings (SSSR count). The van der Waals surface area contributed by atoms with E-state index in [1.54, 1.807) is 4.90 Å². The van der Waals surface area contributed by atoms with E-state index in [0.717, 1.165) is 12.0 Å². The normalized spacial score (nSPS) is 18.4. The molecule has 26 heavy (non-hydrogen) atoms. The fraction of sp³-hybridized carbons (Fsp3) is 0.333. The van der Waals surface area contributed by atoms with Crippen LogP contribution in [0.2, 0.25) is 0 Å². The number of fused-ring (bicyclic) bond motifs is 3. The van der Waals surface area contributed by atoms with E-state index >= 15 is 0 Å². The van der Waals surface area contributed by atoms with Crippen LogP contribution in [-0.2, 0) is 17.9 Å². The summed E-state index contributed by atoms with van der Waals surface area (Å²) in [5.74, 6) is -1.13. The molecule has 2 amide bonds. The Morgan fingerprint density at radius 1 is 1.27 bits per heavy atom. The number of carbonyl (C=O) groups excluding carboxylic acids is 2. The highest BCUT2D eigenvalue weighted by atomic mass is 16.3. The predicted molar refractivity (Wildman–Crippen MR) is 91.5 cm³/mol. The summed E-state index contributed by atoms with van der Waals surface area (Å²) in [4.78, 5) is 43.1. The number of hydrogen-bond acceptors (Lipinski definition) is 5. The highest BCUT2D eigenvalue weighted by molar-refractivity contribution is 5.94.